The molecule has 6 aromatic carbocycles. The normalized spacial score (nSPS) is 11.7. The lowest BCUT2D eigenvalue weighted by Crippen LogP contribution is -2.15. The number of aromatic hydroxyl groups is 1. The minimum absolute atomic E-state index is 0.0326. The topological polar surface area (TPSA) is 49.2 Å². The standard InChI is InChI=1S/C55H51N3O/c1-54(2,3)45-25-22-41(23-26-45)43-34-50(57-51(35-43)49-29-24-42(36-52(49)59)40-17-11-8-12-18-40)44-32-46(55(4,5)6)37-48(33-44)58(53-19-13-14-30-56-53)47-27-20-39(21-28-47)31-38-15-9-7-10-16-38/h7-30,32-37,59H,31H2,1-6H3. The maximum atomic E-state index is 11.6. The van der Waals surface area contributed by atoms with Crippen LogP contribution < -0.4 is 4.90 Å². The van der Waals surface area contributed by atoms with Crippen molar-refractivity contribution < 1.29 is 5.11 Å². The molecule has 4 nitrogen and oxygen atoms in total. The van der Waals surface area contributed by atoms with E-state index in [-0.39, 0.29) is 16.6 Å². The van der Waals surface area contributed by atoms with Crippen molar-refractivity contribution in [1.82, 2.24) is 9.97 Å². The molecule has 2 aromatic heterocycles. The van der Waals surface area contributed by atoms with Gasteiger partial charge in [0.2, 0.25) is 0 Å². The minimum Gasteiger partial charge on any atom is -0.507 e. The summed E-state index contributed by atoms with van der Waals surface area (Å²) in [6.45, 7) is 13.5. The number of phenols is 1. The Balaban J connectivity index is 1.29. The van der Waals surface area contributed by atoms with Crippen LogP contribution in [0.25, 0.3) is 44.8 Å². The van der Waals surface area contributed by atoms with Gasteiger partial charge in [0.05, 0.1) is 11.4 Å². The molecular formula is C55H51N3O. The zero-order valence-electron chi connectivity index (χ0n) is 34.8. The highest BCUT2D eigenvalue weighted by Gasteiger charge is 2.22. The predicted molar refractivity (Wildman–Crippen MR) is 247 cm³/mol. The van der Waals surface area contributed by atoms with Crippen molar-refractivity contribution in [2.75, 3.05) is 4.90 Å². The number of rotatable bonds is 9. The second kappa shape index (κ2) is 16.2. The summed E-state index contributed by atoms with van der Waals surface area (Å²) in [6.07, 6.45) is 2.71. The molecule has 0 atom stereocenters. The Morgan fingerprint density at radius 3 is 1.71 bits per heavy atom. The number of aromatic nitrogens is 2. The predicted octanol–water partition coefficient (Wildman–Crippen LogP) is 14.5. The highest BCUT2D eigenvalue weighted by molar-refractivity contribution is 5.83. The summed E-state index contributed by atoms with van der Waals surface area (Å²) in [7, 11) is 0. The Kier molecular flexibility index (Phi) is 10.7. The fourth-order valence-electron chi connectivity index (χ4n) is 7.52. The number of phenolic OH excluding ortho intramolecular Hbond substituents is 1. The molecule has 0 spiro atoms. The van der Waals surface area contributed by atoms with Crippen molar-refractivity contribution in [3.63, 3.8) is 0 Å². The lowest BCUT2D eigenvalue weighted by molar-refractivity contribution is 0.477. The molecule has 59 heavy (non-hydrogen) atoms. The molecule has 0 amide bonds. The second-order valence-corrected chi connectivity index (χ2v) is 17.4. The Labute approximate surface area is 349 Å². The zero-order chi connectivity index (χ0) is 41.1. The number of anilines is 3. The maximum Gasteiger partial charge on any atom is 0.137 e. The van der Waals surface area contributed by atoms with Gasteiger partial charge in [0, 0.05) is 28.7 Å². The highest BCUT2D eigenvalue weighted by Crippen LogP contribution is 2.41. The Morgan fingerprint density at radius 2 is 1.07 bits per heavy atom. The number of hydrogen-bond donors (Lipinski definition) is 1. The van der Waals surface area contributed by atoms with Gasteiger partial charge in [-0.25, -0.2) is 9.97 Å². The Hall–Kier alpha value is -6.78. The van der Waals surface area contributed by atoms with Gasteiger partial charge in [-0.2, -0.15) is 0 Å². The molecule has 4 heteroatoms. The third-order valence-corrected chi connectivity index (χ3v) is 11.0. The molecule has 0 saturated carbocycles. The van der Waals surface area contributed by atoms with E-state index in [1.54, 1.807) is 0 Å². The van der Waals surface area contributed by atoms with Crippen LogP contribution in [-0.2, 0) is 17.3 Å². The molecule has 2 heterocycles. The van der Waals surface area contributed by atoms with E-state index in [1.165, 1.54) is 22.3 Å². The van der Waals surface area contributed by atoms with Gasteiger partial charge in [-0.3, -0.25) is 4.90 Å². The lowest BCUT2D eigenvalue weighted by atomic mass is 9.84. The molecule has 8 aromatic rings. The van der Waals surface area contributed by atoms with Crippen LogP contribution in [0, 0.1) is 0 Å². The Bertz CT molecular complexity index is 2680. The summed E-state index contributed by atoms with van der Waals surface area (Å²) < 4.78 is 0. The first-order valence-corrected chi connectivity index (χ1v) is 20.4. The van der Waals surface area contributed by atoms with E-state index in [4.69, 9.17) is 9.97 Å². The molecule has 8 rings (SSSR count). The zero-order valence-corrected chi connectivity index (χ0v) is 34.8. The van der Waals surface area contributed by atoms with Crippen LogP contribution in [0.4, 0.5) is 17.2 Å². The molecule has 0 aliphatic carbocycles. The number of nitrogens with zero attached hydrogens (tertiary/aromatic N) is 3. The monoisotopic (exact) mass is 769 g/mol. The number of pyridine rings is 2. The van der Waals surface area contributed by atoms with Crippen molar-refractivity contribution in [2.24, 2.45) is 0 Å². The molecule has 0 saturated heterocycles. The number of benzene rings is 6. The summed E-state index contributed by atoms with van der Waals surface area (Å²) in [6, 6.07) is 61.3. The largest absolute Gasteiger partial charge is 0.507 e. The molecule has 0 aliphatic rings. The smallest absolute Gasteiger partial charge is 0.137 e. The first-order valence-electron chi connectivity index (χ1n) is 20.4. The summed E-state index contributed by atoms with van der Waals surface area (Å²) in [4.78, 5) is 12.4. The van der Waals surface area contributed by atoms with Gasteiger partial charge >= 0.3 is 0 Å². The van der Waals surface area contributed by atoms with Crippen molar-refractivity contribution in [3.8, 4) is 50.5 Å². The first kappa shape index (κ1) is 39.1. The molecular weight excluding hydrogens is 719 g/mol. The summed E-state index contributed by atoms with van der Waals surface area (Å²) in [5, 5.41) is 11.6. The van der Waals surface area contributed by atoms with E-state index in [1.807, 2.05) is 48.7 Å². The third kappa shape index (κ3) is 8.88. The molecule has 0 fully saturated rings. The van der Waals surface area contributed by atoms with Crippen LogP contribution in [0.3, 0.4) is 0 Å². The van der Waals surface area contributed by atoms with Crippen LogP contribution in [0.5, 0.6) is 5.75 Å². The fourth-order valence-corrected chi connectivity index (χ4v) is 7.52. The second-order valence-electron chi connectivity index (χ2n) is 17.4. The SMILES string of the molecule is CC(C)(C)c1ccc(-c2cc(-c3cc(N(c4ccc(Cc5ccccc5)cc4)c4ccccn4)cc(C(C)(C)C)c3)nc(-c3ccc(-c4ccccc4)cc3O)c2)cc1. The van der Waals surface area contributed by atoms with E-state index in [9.17, 15) is 5.11 Å². The minimum atomic E-state index is -0.172. The van der Waals surface area contributed by atoms with Gasteiger partial charge in [0.25, 0.3) is 0 Å². The molecule has 292 valence electrons. The van der Waals surface area contributed by atoms with Crippen LogP contribution in [0.2, 0.25) is 0 Å². The fraction of sp³-hybridized carbons (Fsp3) is 0.164. The summed E-state index contributed by atoms with van der Waals surface area (Å²) in [5.41, 5.74) is 14.1. The van der Waals surface area contributed by atoms with Gasteiger partial charge in [-0.05, 0) is 128 Å². The summed E-state index contributed by atoms with van der Waals surface area (Å²) >= 11 is 0. The average Bonchev–Trinajstić information content (AvgIpc) is 3.24. The van der Waals surface area contributed by atoms with E-state index in [0.29, 0.717) is 11.3 Å². The van der Waals surface area contributed by atoms with Gasteiger partial charge in [0.15, 0.2) is 0 Å². The van der Waals surface area contributed by atoms with Crippen LogP contribution in [0.15, 0.2) is 182 Å². The van der Waals surface area contributed by atoms with Crippen molar-refractivity contribution in [2.45, 2.75) is 58.8 Å². The van der Waals surface area contributed by atoms with Gasteiger partial charge in [-0.15, -0.1) is 0 Å². The van der Waals surface area contributed by atoms with Crippen LogP contribution in [-0.4, -0.2) is 15.1 Å². The molecule has 0 bridgehead atoms. The van der Waals surface area contributed by atoms with E-state index in [0.717, 1.165) is 57.1 Å². The molecule has 0 aliphatic heterocycles. The van der Waals surface area contributed by atoms with E-state index in [2.05, 4.69) is 180 Å². The molecule has 0 radical (unpaired) electrons. The van der Waals surface area contributed by atoms with Crippen molar-refractivity contribution >= 4 is 17.2 Å². The Morgan fingerprint density at radius 1 is 0.458 bits per heavy atom. The summed E-state index contributed by atoms with van der Waals surface area (Å²) in [5.74, 6) is 1.01. The molecule has 1 N–H and O–H groups in total. The van der Waals surface area contributed by atoms with Crippen LogP contribution >= 0.6 is 0 Å². The lowest BCUT2D eigenvalue weighted by Gasteiger charge is -2.28. The molecule has 0 unspecified atom stereocenters. The van der Waals surface area contributed by atoms with Crippen molar-refractivity contribution in [1.29, 1.82) is 0 Å². The quantitative estimate of drug-likeness (QED) is 0.159. The van der Waals surface area contributed by atoms with Crippen LogP contribution in [0.1, 0.15) is 63.8 Å². The highest BCUT2D eigenvalue weighted by atomic mass is 16.3. The maximum absolute atomic E-state index is 11.6. The first-order chi connectivity index (χ1) is 28.4. The van der Waals surface area contributed by atoms with Crippen molar-refractivity contribution in [3.05, 3.63) is 204 Å². The van der Waals surface area contributed by atoms with E-state index >= 15 is 0 Å². The van der Waals surface area contributed by atoms with E-state index < -0.39 is 0 Å². The average molecular weight is 770 g/mol. The third-order valence-electron chi connectivity index (χ3n) is 11.0. The number of hydrogen-bond acceptors (Lipinski definition) is 4. The van der Waals surface area contributed by atoms with Gasteiger partial charge < -0.3 is 5.11 Å². The van der Waals surface area contributed by atoms with Gasteiger partial charge in [-0.1, -0.05) is 151 Å². The van der Waals surface area contributed by atoms with Gasteiger partial charge in [0.1, 0.15) is 11.6 Å².